The predicted octanol–water partition coefficient (Wildman–Crippen LogP) is 8.43. The number of carboxylic acid groups (broad SMARTS) is 1. The summed E-state index contributed by atoms with van der Waals surface area (Å²) in [6, 6.07) is 27.6. The fourth-order valence-corrected chi connectivity index (χ4v) is 4.28. The van der Waals surface area contributed by atoms with E-state index in [4.69, 9.17) is 5.11 Å². The standard InChI is InChI=1S/C21H21NO.C11H14O2.2CH4/c1-3-21(2,19-7-5-4-6-8-19)20(23)14-16-9-10-18-15-22-12-11-17(18)13-16;1-3-11(2,10(12)13)9-7-5-4-6-8-9;;/h4-13,15H,3,14H2,1-2H3;4-8H,3H2,1-2H3,(H,12,13);2*1H4. The van der Waals surface area contributed by atoms with Gasteiger partial charge in [-0.2, -0.15) is 0 Å². The van der Waals surface area contributed by atoms with Gasteiger partial charge in [0.2, 0.25) is 0 Å². The summed E-state index contributed by atoms with van der Waals surface area (Å²) in [6.45, 7) is 7.78. The first-order chi connectivity index (χ1) is 17.2. The third-order valence-electron chi connectivity index (χ3n) is 7.39. The van der Waals surface area contributed by atoms with Crippen LogP contribution in [0.4, 0.5) is 0 Å². The van der Waals surface area contributed by atoms with Crippen molar-refractivity contribution in [1.82, 2.24) is 4.98 Å². The Morgan fingerprint density at radius 2 is 1.26 bits per heavy atom. The quantitative estimate of drug-likeness (QED) is 0.257. The van der Waals surface area contributed by atoms with Gasteiger partial charge in [0.15, 0.2) is 0 Å². The van der Waals surface area contributed by atoms with Crippen molar-refractivity contribution in [2.24, 2.45) is 0 Å². The van der Waals surface area contributed by atoms with Gasteiger partial charge >= 0.3 is 5.97 Å². The molecule has 0 spiro atoms. The number of rotatable bonds is 8. The largest absolute Gasteiger partial charge is 0.481 e. The monoisotopic (exact) mass is 513 g/mol. The minimum atomic E-state index is -0.763. The SMILES string of the molecule is C.C.CCC(C)(C(=O)Cc1ccc2cnccc2c1)c1ccccc1.CCC(C)(C(=O)O)c1ccccc1. The van der Waals surface area contributed by atoms with Crippen LogP contribution in [0.1, 0.15) is 72.1 Å². The van der Waals surface area contributed by atoms with Gasteiger partial charge < -0.3 is 5.11 Å². The number of aromatic nitrogens is 1. The summed E-state index contributed by atoms with van der Waals surface area (Å²) in [5.41, 5.74) is 1.84. The number of Topliss-reactive ketones (excluding diaryl/α,β-unsaturated/α-hetero) is 1. The van der Waals surface area contributed by atoms with Crippen molar-refractivity contribution in [3.8, 4) is 0 Å². The van der Waals surface area contributed by atoms with Gasteiger partial charge in [-0.25, -0.2) is 0 Å². The fraction of sp³-hybridized carbons (Fsp3) is 0.324. The van der Waals surface area contributed by atoms with E-state index in [0.717, 1.165) is 33.9 Å². The molecule has 2 atom stereocenters. The highest BCUT2D eigenvalue weighted by Gasteiger charge is 2.33. The lowest BCUT2D eigenvalue weighted by molar-refractivity contribution is -0.143. The third kappa shape index (κ3) is 7.16. The van der Waals surface area contributed by atoms with E-state index < -0.39 is 16.8 Å². The number of carboxylic acids is 1. The van der Waals surface area contributed by atoms with E-state index >= 15 is 0 Å². The number of benzene rings is 3. The molecular formula is C34H43NO3. The molecule has 4 nitrogen and oxygen atoms in total. The van der Waals surface area contributed by atoms with E-state index in [-0.39, 0.29) is 20.6 Å². The van der Waals surface area contributed by atoms with E-state index in [2.05, 4.69) is 24.9 Å². The van der Waals surface area contributed by atoms with Gasteiger partial charge in [0, 0.05) is 24.2 Å². The maximum Gasteiger partial charge on any atom is 0.313 e. The molecule has 3 aromatic carbocycles. The van der Waals surface area contributed by atoms with Crippen molar-refractivity contribution in [2.75, 3.05) is 0 Å². The van der Waals surface area contributed by atoms with Crippen molar-refractivity contribution in [3.63, 3.8) is 0 Å². The summed E-state index contributed by atoms with van der Waals surface area (Å²) >= 11 is 0. The second-order valence-corrected chi connectivity index (χ2v) is 9.57. The highest BCUT2D eigenvalue weighted by atomic mass is 16.4. The molecule has 0 fully saturated rings. The van der Waals surface area contributed by atoms with Gasteiger partial charge in [0.05, 0.1) is 10.8 Å². The zero-order valence-electron chi connectivity index (χ0n) is 21.6. The molecule has 38 heavy (non-hydrogen) atoms. The normalized spacial score (nSPS) is 13.4. The van der Waals surface area contributed by atoms with E-state index in [1.807, 2.05) is 92.0 Å². The minimum absolute atomic E-state index is 0. The summed E-state index contributed by atoms with van der Waals surface area (Å²) in [4.78, 5) is 28.2. The van der Waals surface area contributed by atoms with Gasteiger partial charge in [-0.05, 0) is 54.8 Å². The molecule has 0 aliphatic heterocycles. The summed E-state index contributed by atoms with van der Waals surface area (Å²) in [5.74, 6) is -0.499. The fourth-order valence-electron chi connectivity index (χ4n) is 4.28. The van der Waals surface area contributed by atoms with Crippen LogP contribution in [0.25, 0.3) is 10.8 Å². The van der Waals surface area contributed by atoms with Gasteiger partial charge in [-0.1, -0.05) is 108 Å². The Balaban J connectivity index is 0.000000415. The van der Waals surface area contributed by atoms with Crippen LogP contribution in [-0.2, 0) is 26.8 Å². The number of carbonyl (C=O) groups is 2. The molecule has 0 saturated carbocycles. The van der Waals surface area contributed by atoms with Crippen molar-refractivity contribution in [3.05, 3.63) is 114 Å². The smallest absolute Gasteiger partial charge is 0.313 e. The third-order valence-corrected chi connectivity index (χ3v) is 7.39. The van der Waals surface area contributed by atoms with E-state index in [1.54, 1.807) is 13.1 Å². The van der Waals surface area contributed by atoms with Crippen molar-refractivity contribution >= 4 is 22.5 Å². The van der Waals surface area contributed by atoms with Crippen LogP contribution in [0, 0.1) is 0 Å². The van der Waals surface area contributed by atoms with Crippen LogP contribution in [0.2, 0.25) is 0 Å². The van der Waals surface area contributed by atoms with Gasteiger partial charge in [0.1, 0.15) is 5.78 Å². The molecule has 1 N–H and O–H groups in total. The van der Waals surface area contributed by atoms with Crippen LogP contribution in [-0.4, -0.2) is 21.8 Å². The summed E-state index contributed by atoms with van der Waals surface area (Å²) in [6.07, 6.45) is 5.49. The average Bonchev–Trinajstić information content (AvgIpc) is 2.93. The Bertz CT molecular complexity index is 1300. The first-order valence-electron chi connectivity index (χ1n) is 12.4. The summed E-state index contributed by atoms with van der Waals surface area (Å²) < 4.78 is 0. The van der Waals surface area contributed by atoms with Crippen molar-refractivity contribution < 1.29 is 14.7 Å². The second kappa shape index (κ2) is 14.2. The number of fused-ring (bicyclic) bond motifs is 1. The lowest BCUT2D eigenvalue weighted by atomic mass is 9.74. The minimum Gasteiger partial charge on any atom is -0.481 e. The topological polar surface area (TPSA) is 67.3 Å². The molecule has 0 aliphatic rings. The number of hydrogen-bond acceptors (Lipinski definition) is 3. The van der Waals surface area contributed by atoms with Crippen LogP contribution < -0.4 is 0 Å². The lowest BCUT2D eigenvalue weighted by Gasteiger charge is -2.27. The maximum atomic E-state index is 13.0. The highest BCUT2D eigenvalue weighted by molar-refractivity contribution is 5.92. The maximum absolute atomic E-state index is 13.0. The van der Waals surface area contributed by atoms with Gasteiger partial charge in [0.25, 0.3) is 0 Å². The van der Waals surface area contributed by atoms with E-state index in [0.29, 0.717) is 12.8 Å². The molecule has 4 aromatic rings. The Morgan fingerprint density at radius 3 is 1.76 bits per heavy atom. The molecule has 0 bridgehead atoms. The van der Waals surface area contributed by atoms with Gasteiger partial charge in [-0.15, -0.1) is 0 Å². The predicted molar refractivity (Wildman–Crippen MR) is 160 cm³/mol. The molecule has 0 aliphatic carbocycles. The Labute approximate surface area is 228 Å². The number of pyridine rings is 1. The van der Waals surface area contributed by atoms with Crippen LogP contribution in [0.3, 0.4) is 0 Å². The number of carbonyl (C=O) groups excluding carboxylic acids is 1. The molecule has 0 radical (unpaired) electrons. The van der Waals surface area contributed by atoms with Crippen molar-refractivity contribution in [1.29, 1.82) is 0 Å². The molecule has 202 valence electrons. The van der Waals surface area contributed by atoms with Crippen molar-refractivity contribution in [2.45, 2.75) is 72.6 Å². The number of aliphatic carboxylic acids is 1. The zero-order valence-corrected chi connectivity index (χ0v) is 21.6. The first kappa shape index (κ1) is 32.2. The molecule has 0 amide bonds. The summed E-state index contributed by atoms with van der Waals surface area (Å²) in [7, 11) is 0. The molecule has 2 unspecified atom stereocenters. The molecular weight excluding hydrogens is 470 g/mol. The molecule has 1 aromatic heterocycles. The molecule has 1 heterocycles. The van der Waals surface area contributed by atoms with Crippen LogP contribution in [0.5, 0.6) is 0 Å². The number of nitrogens with zero attached hydrogens (tertiary/aromatic N) is 1. The Morgan fingerprint density at radius 1 is 0.737 bits per heavy atom. The number of hydrogen-bond donors (Lipinski definition) is 1. The van der Waals surface area contributed by atoms with Crippen LogP contribution >= 0.6 is 0 Å². The lowest BCUT2D eigenvalue weighted by Crippen LogP contribution is -2.33. The summed E-state index contributed by atoms with van der Waals surface area (Å²) in [5, 5.41) is 11.3. The molecule has 4 rings (SSSR count). The molecule has 4 heteroatoms. The van der Waals surface area contributed by atoms with Crippen LogP contribution in [0.15, 0.2) is 97.3 Å². The van der Waals surface area contributed by atoms with Gasteiger partial charge in [-0.3, -0.25) is 14.6 Å². The number of ketones is 1. The average molecular weight is 514 g/mol. The molecule has 0 saturated heterocycles. The highest BCUT2D eigenvalue weighted by Crippen LogP contribution is 2.30. The zero-order chi connectivity index (χ0) is 26.2. The first-order valence-corrected chi connectivity index (χ1v) is 12.4. The Kier molecular flexibility index (Phi) is 12.1. The van der Waals surface area contributed by atoms with E-state index in [9.17, 15) is 9.59 Å². The second-order valence-electron chi connectivity index (χ2n) is 9.57. The Hall–Kier alpha value is -3.79. The van der Waals surface area contributed by atoms with E-state index in [1.165, 1.54) is 0 Å².